The minimum atomic E-state index is -2.95. The maximum absolute atomic E-state index is 11.3. The minimum absolute atomic E-state index is 0.107. The lowest BCUT2D eigenvalue weighted by Crippen LogP contribution is -2.14. The molecule has 0 atom stereocenters. The van der Waals surface area contributed by atoms with Gasteiger partial charge in [-0.05, 0) is 11.4 Å². The van der Waals surface area contributed by atoms with E-state index in [1.807, 2.05) is 16.8 Å². The van der Waals surface area contributed by atoms with Crippen LogP contribution >= 0.6 is 11.3 Å². The van der Waals surface area contributed by atoms with E-state index >= 15 is 0 Å². The molecule has 2 aromatic heterocycles. The number of rotatable bonds is 5. The summed E-state index contributed by atoms with van der Waals surface area (Å²) >= 11 is 1.59. The smallest absolute Gasteiger partial charge is 0.151 e. The molecule has 0 amide bonds. The van der Waals surface area contributed by atoms with Crippen LogP contribution < -0.4 is 0 Å². The fourth-order valence-electron chi connectivity index (χ4n) is 1.33. The summed E-state index contributed by atoms with van der Waals surface area (Å²) in [6, 6.07) is 1.96. The molecule has 2 rings (SSSR count). The quantitative estimate of drug-likeness (QED) is 0.825. The molecule has 0 aliphatic heterocycles. The summed E-state index contributed by atoms with van der Waals surface area (Å²) < 4.78 is 24.3. The molecule has 2 aromatic rings. The van der Waals surface area contributed by atoms with Crippen molar-refractivity contribution in [2.24, 2.45) is 0 Å². The molecule has 0 spiro atoms. The molecule has 92 valence electrons. The normalized spacial score (nSPS) is 11.8. The lowest BCUT2D eigenvalue weighted by molar-refractivity contribution is 0.576. The first kappa shape index (κ1) is 12.3. The van der Waals surface area contributed by atoms with Crippen molar-refractivity contribution >= 4 is 21.2 Å². The molecule has 2 heterocycles. The van der Waals surface area contributed by atoms with Gasteiger partial charge in [-0.15, -0.1) is 5.10 Å². The Bertz CT molecular complexity index is 572. The van der Waals surface area contributed by atoms with E-state index < -0.39 is 9.84 Å². The van der Waals surface area contributed by atoms with Crippen molar-refractivity contribution in [2.75, 3.05) is 11.5 Å². The molecular weight excluding hydrogens is 258 g/mol. The van der Waals surface area contributed by atoms with Crippen LogP contribution in [0, 0.1) is 0 Å². The van der Waals surface area contributed by atoms with Crippen molar-refractivity contribution in [3.05, 3.63) is 23.0 Å². The van der Waals surface area contributed by atoms with Gasteiger partial charge in [0.05, 0.1) is 18.5 Å². The fourth-order valence-corrected chi connectivity index (χ4v) is 2.73. The molecule has 0 bridgehead atoms. The van der Waals surface area contributed by atoms with Gasteiger partial charge in [0.1, 0.15) is 5.69 Å². The zero-order valence-electron chi connectivity index (χ0n) is 9.41. The Hall–Kier alpha value is -1.21. The van der Waals surface area contributed by atoms with Crippen LogP contribution in [0.4, 0.5) is 0 Å². The van der Waals surface area contributed by atoms with Crippen LogP contribution in [0.25, 0.3) is 11.3 Å². The van der Waals surface area contributed by atoms with E-state index in [-0.39, 0.29) is 11.5 Å². The zero-order valence-corrected chi connectivity index (χ0v) is 11.0. The second kappa shape index (κ2) is 4.97. The maximum atomic E-state index is 11.3. The van der Waals surface area contributed by atoms with Crippen LogP contribution in [0.5, 0.6) is 0 Å². The first-order chi connectivity index (χ1) is 8.11. The molecule has 0 saturated carbocycles. The second-order valence-corrected chi connectivity index (χ2v) is 6.87. The summed E-state index contributed by atoms with van der Waals surface area (Å²) in [5.41, 5.74) is 1.79. The summed E-state index contributed by atoms with van der Waals surface area (Å²) in [5, 5.41) is 11.9. The van der Waals surface area contributed by atoms with E-state index in [1.54, 1.807) is 29.1 Å². The van der Waals surface area contributed by atoms with Gasteiger partial charge in [0.2, 0.25) is 0 Å². The molecule has 0 fully saturated rings. The molecule has 0 saturated heterocycles. The topological polar surface area (TPSA) is 64.8 Å². The Balaban J connectivity index is 2.05. The number of hydrogen-bond acceptors (Lipinski definition) is 5. The molecular formula is C10H13N3O2S2. The molecule has 0 aliphatic carbocycles. The lowest BCUT2D eigenvalue weighted by Gasteiger charge is -2.00. The minimum Gasteiger partial charge on any atom is -0.251 e. The van der Waals surface area contributed by atoms with E-state index in [2.05, 4.69) is 10.3 Å². The van der Waals surface area contributed by atoms with E-state index in [9.17, 15) is 8.42 Å². The highest BCUT2D eigenvalue weighted by Gasteiger charge is 2.09. The van der Waals surface area contributed by atoms with Crippen LogP contribution in [0.3, 0.4) is 0 Å². The number of nitrogens with zero attached hydrogens (tertiary/aromatic N) is 3. The van der Waals surface area contributed by atoms with Crippen LogP contribution in [0.2, 0.25) is 0 Å². The molecule has 0 aromatic carbocycles. The molecule has 7 heteroatoms. The average molecular weight is 271 g/mol. The lowest BCUT2D eigenvalue weighted by atomic mass is 10.3. The SMILES string of the molecule is CCS(=O)(=O)CCn1cc(-c2ccsc2)nn1. The van der Waals surface area contributed by atoms with Crippen LogP contribution in [0.15, 0.2) is 23.0 Å². The number of aryl methyl sites for hydroxylation is 1. The van der Waals surface area contributed by atoms with Gasteiger partial charge in [-0.1, -0.05) is 12.1 Å². The highest BCUT2D eigenvalue weighted by Crippen LogP contribution is 2.18. The zero-order chi connectivity index (χ0) is 12.3. The van der Waals surface area contributed by atoms with Crippen molar-refractivity contribution in [2.45, 2.75) is 13.5 Å². The fraction of sp³-hybridized carbons (Fsp3) is 0.400. The van der Waals surface area contributed by atoms with Gasteiger partial charge >= 0.3 is 0 Å². The van der Waals surface area contributed by atoms with Gasteiger partial charge < -0.3 is 0 Å². The number of thiophene rings is 1. The van der Waals surface area contributed by atoms with Crippen LogP contribution in [-0.2, 0) is 16.4 Å². The number of sulfone groups is 1. The molecule has 0 unspecified atom stereocenters. The van der Waals surface area contributed by atoms with E-state index in [1.165, 1.54) is 0 Å². The van der Waals surface area contributed by atoms with Crippen molar-refractivity contribution < 1.29 is 8.42 Å². The maximum Gasteiger partial charge on any atom is 0.151 e. The van der Waals surface area contributed by atoms with Gasteiger partial charge in [-0.2, -0.15) is 11.3 Å². The average Bonchev–Trinajstić information content (AvgIpc) is 2.97. The third kappa shape index (κ3) is 3.13. The van der Waals surface area contributed by atoms with Gasteiger partial charge in [0.25, 0.3) is 0 Å². The molecule has 0 aliphatic rings. The van der Waals surface area contributed by atoms with E-state index in [0.29, 0.717) is 6.54 Å². The van der Waals surface area contributed by atoms with Crippen molar-refractivity contribution in [1.82, 2.24) is 15.0 Å². The third-order valence-electron chi connectivity index (χ3n) is 2.43. The monoisotopic (exact) mass is 271 g/mol. The Labute approximate surface area is 104 Å². The standard InChI is InChI=1S/C10H13N3O2S2/c1-2-17(14,15)6-4-13-7-10(11-12-13)9-3-5-16-8-9/h3,5,7-8H,2,4,6H2,1H3. The van der Waals surface area contributed by atoms with Crippen molar-refractivity contribution in [1.29, 1.82) is 0 Å². The largest absolute Gasteiger partial charge is 0.251 e. The molecule has 5 nitrogen and oxygen atoms in total. The van der Waals surface area contributed by atoms with E-state index in [4.69, 9.17) is 0 Å². The predicted molar refractivity (Wildman–Crippen MR) is 67.7 cm³/mol. The Kier molecular flexibility index (Phi) is 3.58. The van der Waals surface area contributed by atoms with Crippen molar-refractivity contribution in [3.63, 3.8) is 0 Å². The van der Waals surface area contributed by atoms with Crippen LogP contribution in [-0.4, -0.2) is 34.9 Å². The number of aromatic nitrogens is 3. The summed E-state index contributed by atoms with van der Waals surface area (Å²) in [4.78, 5) is 0. The van der Waals surface area contributed by atoms with Crippen molar-refractivity contribution in [3.8, 4) is 11.3 Å². The Morgan fingerprint density at radius 1 is 1.47 bits per heavy atom. The Morgan fingerprint density at radius 2 is 2.29 bits per heavy atom. The Morgan fingerprint density at radius 3 is 2.94 bits per heavy atom. The highest BCUT2D eigenvalue weighted by atomic mass is 32.2. The molecule has 17 heavy (non-hydrogen) atoms. The molecule has 0 N–H and O–H groups in total. The van der Waals surface area contributed by atoms with Gasteiger partial charge in [0, 0.05) is 16.7 Å². The summed E-state index contributed by atoms with van der Waals surface area (Å²) in [5.74, 6) is 0.273. The first-order valence-corrected chi connectivity index (χ1v) is 8.00. The molecule has 0 radical (unpaired) electrons. The van der Waals surface area contributed by atoms with Gasteiger partial charge in [-0.3, -0.25) is 4.68 Å². The first-order valence-electron chi connectivity index (χ1n) is 5.24. The summed E-state index contributed by atoms with van der Waals surface area (Å²) in [7, 11) is -2.95. The third-order valence-corrected chi connectivity index (χ3v) is 4.79. The second-order valence-electron chi connectivity index (χ2n) is 3.62. The summed E-state index contributed by atoms with van der Waals surface area (Å²) in [6.45, 7) is 2.00. The predicted octanol–water partition coefficient (Wildman–Crippen LogP) is 1.44. The summed E-state index contributed by atoms with van der Waals surface area (Å²) in [6.07, 6.45) is 1.77. The van der Waals surface area contributed by atoms with Crippen LogP contribution in [0.1, 0.15) is 6.92 Å². The van der Waals surface area contributed by atoms with Gasteiger partial charge in [0.15, 0.2) is 9.84 Å². The highest BCUT2D eigenvalue weighted by molar-refractivity contribution is 7.91. The van der Waals surface area contributed by atoms with Gasteiger partial charge in [-0.25, -0.2) is 8.42 Å². The van der Waals surface area contributed by atoms with E-state index in [0.717, 1.165) is 11.3 Å². The number of hydrogen-bond donors (Lipinski definition) is 0.